The van der Waals surface area contributed by atoms with Crippen LogP contribution in [0.5, 0.6) is 11.5 Å². The first-order valence-corrected chi connectivity index (χ1v) is 12.1. The van der Waals surface area contributed by atoms with Gasteiger partial charge in [-0.15, -0.1) is 0 Å². The van der Waals surface area contributed by atoms with Crippen LogP contribution in [0.2, 0.25) is 0 Å². The highest BCUT2D eigenvalue weighted by Crippen LogP contribution is 2.39. The quantitative estimate of drug-likeness (QED) is 0.563. The number of nitrogens with zero attached hydrogens (tertiary/aromatic N) is 1. The van der Waals surface area contributed by atoms with E-state index in [4.69, 9.17) is 18.9 Å². The molecular formula is C24H31NO7S. The second-order valence-electron chi connectivity index (χ2n) is 8.93. The Morgan fingerprint density at radius 3 is 2.39 bits per heavy atom. The summed E-state index contributed by atoms with van der Waals surface area (Å²) < 4.78 is 51.2. The summed E-state index contributed by atoms with van der Waals surface area (Å²) in [6.07, 6.45) is 0. The van der Waals surface area contributed by atoms with Crippen LogP contribution in [0, 0.1) is 13.8 Å². The summed E-state index contributed by atoms with van der Waals surface area (Å²) >= 11 is 0. The van der Waals surface area contributed by atoms with E-state index in [9.17, 15) is 13.2 Å². The number of methoxy groups -OCH3 is 1. The van der Waals surface area contributed by atoms with Gasteiger partial charge in [0.25, 0.3) is 10.0 Å². The molecule has 0 aliphatic carbocycles. The Labute approximate surface area is 195 Å². The van der Waals surface area contributed by atoms with Crippen LogP contribution in [-0.4, -0.2) is 53.0 Å². The molecule has 1 unspecified atom stereocenters. The van der Waals surface area contributed by atoms with Crippen molar-refractivity contribution in [2.45, 2.75) is 51.2 Å². The zero-order chi connectivity index (χ0) is 24.4. The van der Waals surface area contributed by atoms with E-state index in [1.54, 1.807) is 78.1 Å². The highest BCUT2D eigenvalue weighted by Gasteiger charge is 2.39. The molecule has 0 aromatic heterocycles. The fourth-order valence-electron chi connectivity index (χ4n) is 3.84. The van der Waals surface area contributed by atoms with E-state index in [0.29, 0.717) is 28.3 Å². The fourth-order valence-corrected chi connectivity index (χ4v) is 5.89. The summed E-state index contributed by atoms with van der Waals surface area (Å²) in [4.78, 5) is 12.2. The maximum absolute atomic E-state index is 14.0. The number of ether oxygens (including phenoxy) is 4. The summed E-state index contributed by atoms with van der Waals surface area (Å²) in [5.41, 5.74) is 0.935. The lowest BCUT2D eigenvalue weighted by atomic mass is 10.1. The van der Waals surface area contributed by atoms with Crippen LogP contribution in [0.15, 0.2) is 41.3 Å². The predicted molar refractivity (Wildman–Crippen MR) is 125 cm³/mol. The van der Waals surface area contributed by atoms with Gasteiger partial charge in [-0.1, -0.05) is 12.1 Å². The van der Waals surface area contributed by atoms with Crippen molar-refractivity contribution in [2.24, 2.45) is 0 Å². The summed E-state index contributed by atoms with van der Waals surface area (Å²) in [7, 11) is -2.45. The highest BCUT2D eigenvalue weighted by molar-refractivity contribution is 7.93. The molecule has 2 aromatic carbocycles. The predicted octanol–water partition coefficient (Wildman–Crippen LogP) is 3.63. The van der Waals surface area contributed by atoms with Gasteiger partial charge in [0.05, 0.1) is 24.3 Å². The summed E-state index contributed by atoms with van der Waals surface area (Å²) in [6.45, 7) is 8.54. The van der Waals surface area contributed by atoms with Crippen molar-refractivity contribution in [3.05, 3.63) is 47.5 Å². The molecule has 1 aliphatic rings. The van der Waals surface area contributed by atoms with Crippen molar-refractivity contribution in [3.8, 4) is 11.5 Å². The van der Waals surface area contributed by atoms with Crippen LogP contribution in [0.1, 0.15) is 31.9 Å². The molecule has 1 atom stereocenters. The first-order valence-electron chi connectivity index (χ1n) is 10.6. The molecular weight excluding hydrogens is 446 g/mol. The third-order valence-corrected chi connectivity index (χ3v) is 7.17. The molecule has 1 heterocycles. The van der Waals surface area contributed by atoms with E-state index < -0.39 is 27.6 Å². The van der Waals surface area contributed by atoms with E-state index >= 15 is 0 Å². The van der Waals surface area contributed by atoms with Crippen molar-refractivity contribution in [3.63, 3.8) is 0 Å². The van der Waals surface area contributed by atoms with Gasteiger partial charge >= 0.3 is 5.97 Å². The first kappa shape index (κ1) is 24.9. The molecule has 8 nitrogen and oxygen atoms in total. The summed E-state index contributed by atoms with van der Waals surface area (Å²) in [5, 5.41) is 0. The Morgan fingerprint density at radius 2 is 1.79 bits per heavy atom. The minimum Gasteiger partial charge on any atom is -0.497 e. The van der Waals surface area contributed by atoms with Crippen molar-refractivity contribution >= 4 is 21.7 Å². The van der Waals surface area contributed by atoms with Crippen molar-refractivity contribution in [2.75, 3.05) is 31.2 Å². The van der Waals surface area contributed by atoms with E-state index in [1.165, 1.54) is 4.31 Å². The molecule has 0 saturated heterocycles. The van der Waals surface area contributed by atoms with E-state index in [2.05, 4.69) is 0 Å². The van der Waals surface area contributed by atoms with Gasteiger partial charge < -0.3 is 18.9 Å². The van der Waals surface area contributed by atoms with Gasteiger partial charge in [-0.2, -0.15) is 0 Å². The third-order valence-electron chi connectivity index (χ3n) is 5.00. The number of hydrogen-bond donors (Lipinski definition) is 0. The number of sulfonamides is 1. The van der Waals surface area contributed by atoms with Crippen LogP contribution in [0.25, 0.3) is 0 Å². The molecule has 0 fully saturated rings. The average Bonchev–Trinajstić information content (AvgIpc) is 2.71. The maximum atomic E-state index is 14.0. The number of aryl methyl sites for hydroxylation is 2. The Bertz CT molecular complexity index is 1100. The number of anilines is 1. The molecule has 33 heavy (non-hydrogen) atoms. The molecule has 0 radical (unpaired) electrons. The molecule has 2 aromatic rings. The van der Waals surface area contributed by atoms with Crippen LogP contribution in [0.3, 0.4) is 0 Å². The number of benzene rings is 2. The number of esters is 1. The number of fused-ring (bicyclic) bond motifs is 1. The van der Waals surface area contributed by atoms with Crippen molar-refractivity contribution in [1.82, 2.24) is 0 Å². The lowest BCUT2D eigenvalue weighted by Crippen LogP contribution is -2.49. The van der Waals surface area contributed by atoms with Crippen LogP contribution in [0.4, 0.5) is 5.69 Å². The van der Waals surface area contributed by atoms with Gasteiger partial charge in [0.2, 0.25) is 0 Å². The Balaban J connectivity index is 1.94. The van der Waals surface area contributed by atoms with Crippen molar-refractivity contribution in [1.29, 1.82) is 0 Å². The largest absolute Gasteiger partial charge is 0.497 e. The van der Waals surface area contributed by atoms with Crippen molar-refractivity contribution < 1.29 is 32.2 Å². The smallest absolute Gasteiger partial charge is 0.332 e. The first-order chi connectivity index (χ1) is 15.4. The number of hydrogen-bond acceptors (Lipinski definition) is 7. The molecule has 0 amide bonds. The number of carbonyl (C=O) groups is 1. The van der Waals surface area contributed by atoms with E-state index in [0.717, 1.165) is 0 Å². The van der Waals surface area contributed by atoms with E-state index in [-0.39, 0.29) is 24.7 Å². The standard InChI is InChI=1S/C24H31NO7S/c1-16-11-19(29-6)12-17(2)23(16)33(27,28)25-18(13-30-15-22(26)32-24(3,4)5)14-31-21-10-8-7-9-20(21)25/h7-12,18H,13-15H2,1-6H3. The van der Waals surface area contributed by atoms with Gasteiger partial charge in [0.15, 0.2) is 0 Å². The Hall–Kier alpha value is -2.78. The Morgan fingerprint density at radius 1 is 1.15 bits per heavy atom. The molecule has 180 valence electrons. The maximum Gasteiger partial charge on any atom is 0.332 e. The molecule has 0 N–H and O–H groups in total. The minimum atomic E-state index is -3.99. The zero-order valence-corrected chi connectivity index (χ0v) is 20.7. The summed E-state index contributed by atoms with van der Waals surface area (Å²) in [6, 6.07) is 9.67. The highest BCUT2D eigenvalue weighted by atomic mass is 32.2. The lowest BCUT2D eigenvalue weighted by Gasteiger charge is -2.37. The van der Waals surface area contributed by atoms with Crippen LogP contribution >= 0.6 is 0 Å². The molecule has 9 heteroatoms. The molecule has 3 rings (SSSR count). The average molecular weight is 478 g/mol. The summed E-state index contributed by atoms with van der Waals surface area (Å²) in [5.74, 6) is 0.535. The Kier molecular flexibility index (Phi) is 7.23. The minimum absolute atomic E-state index is 0.0406. The second-order valence-corrected chi connectivity index (χ2v) is 10.7. The number of rotatable bonds is 7. The molecule has 1 aliphatic heterocycles. The SMILES string of the molecule is COc1cc(C)c(S(=O)(=O)N2c3ccccc3OCC2COCC(=O)OC(C)(C)C)c(C)c1. The topological polar surface area (TPSA) is 91.4 Å². The normalized spacial score (nSPS) is 16.1. The van der Waals surface area contributed by atoms with Gasteiger partial charge in [-0.25, -0.2) is 13.2 Å². The number of para-hydroxylation sites is 2. The fraction of sp³-hybridized carbons (Fsp3) is 0.458. The monoisotopic (exact) mass is 477 g/mol. The molecule has 0 saturated carbocycles. The van der Waals surface area contributed by atoms with Gasteiger partial charge in [0.1, 0.15) is 36.4 Å². The zero-order valence-electron chi connectivity index (χ0n) is 19.9. The molecule has 0 spiro atoms. The molecule has 0 bridgehead atoms. The second kappa shape index (κ2) is 9.61. The lowest BCUT2D eigenvalue weighted by molar-refractivity contribution is -0.160. The van der Waals surface area contributed by atoms with Gasteiger partial charge in [0, 0.05) is 0 Å². The number of carbonyl (C=O) groups excluding carboxylic acids is 1. The van der Waals surface area contributed by atoms with Crippen LogP contribution in [-0.2, 0) is 24.3 Å². The van der Waals surface area contributed by atoms with Crippen LogP contribution < -0.4 is 13.8 Å². The van der Waals surface area contributed by atoms with Gasteiger partial charge in [-0.05, 0) is 70.0 Å². The van der Waals surface area contributed by atoms with E-state index in [1.807, 2.05) is 0 Å². The van der Waals surface area contributed by atoms with Gasteiger partial charge in [-0.3, -0.25) is 4.31 Å². The third kappa shape index (κ3) is 5.59.